The summed E-state index contributed by atoms with van der Waals surface area (Å²) in [6, 6.07) is 18.0. The van der Waals surface area contributed by atoms with Gasteiger partial charge in [-0.1, -0.05) is 36.0 Å². The van der Waals surface area contributed by atoms with Gasteiger partial charge in [0.15, 0.2) is 22.4 Å². The third kappa shape index (κ3) is 4.00. The van der Waals surface area contributed by atoms with E-state index in [1.165, 1.54) is 16.7 Å². The van der Waals surface area contributed by atoms with Gasteiger partial charge in [-0.05, 0) is 48.0 Å². The van der Waals surface area contributed by atoms with Crippen LogP contribution in [0.3, 0.4) is 0 Å². The summed E-state index contributed by atoms with van der Waals surface area (Å²) in [5.74, 6) is 0.955. The number of amides is 1. The zero-order valence-electron chi connectivity index (χ0n) is 16.8. The van der Waals surface area contributed by atoms with E-state index >= 15 is 0 Å². The highest BCUT2D eigenvalue weighted by atomic mass is 32.2. The highest BCUT2D eigenvalue weighted by Gasteiger charge is 2.32. The van der Waals surface area contributed by atoms with Gasteiger partial charge in [-0.2, -0.15) is 0 Å². The van der Waals surface area contributed by atoms with Crippen LogP contribution in [0.25, 0.3) is 6.08 Å². The molecule has 0 radical (unpaired) electrons. The van der Waals surface area contributed by atoms with Gasteiger partial charge in [0.25, 0.3) is 5.91 Å². The number of nitrogens with zero attached hydrogens (tertiary/aromatic N) is 3. The molecule has 0 atom stereocenters. The van der Waals surface area contributed by atoms with E-state index < -0.39 is 0 Å². The lowest BCUT2D eigenvalue weighted by Gasteiger charge is -2.17. The lowest BCUT2D eigenvalue weighted by atomic mass is 10.1. The Morgan fingerprint density at radius 1 is 1.06 bits per heavy atom. The minimum atomic E-state index is -0.252. The third-order valence-corrected chi connectivity index (χ3v) is 5.80. The first-order valence-electron chi connectivity index (χ1n) is 9.84. The molecule has 2 aliphatic rings. The number of carbonyl (C=O) groups excluding carboxylic acids is 2. The Kier molecular flexibility index (Phi) is 5.43. The monoisotopic (exact) mass is 443 g/mol. The molecular formula is C24H17N3O4S. The maximum absolute atomic E-state index is 13.2. The molecule has 8 heteroatoms. The Bertz CT molecular complexity index is 1240. The number of anilines is 1. The first kappa shape index (κ1) is 20.0. The number of aromatic nitrogens is 1. The Morgan fingerprint density at radius 3 is 2.72 bits per heavy atom. The van der Waals surface area contributed by atoms with Crippen LogP contribution in [-0.2, 0) is 4.79 Å². The standard InChI is InChI=1S/C24H17N3O4S/c28-20(17-8-9-21-22(12-17)31-15-30-21)14-32-24-26-19(11-16-5-4-10-25-13-16)23(29)27(24)18-6-2-1-3-7-18/h1-13H,14-15H2/b19-11+. The topological polar surface area (TPSA) is 81.1 Å². The maximum Gasteiger partial charge on any atom is 0.283 e. The molecule has 5 rings (SSSR count). The normalized spacial score (nSPS) is 15.9. The van der Waals surface area contributed by atoms with Crippen molar-refractivity contribution in [3.8, 4) is 11.5 Å². The molecule has 0 aliphatic carbocycles. The Hall–Kier alpha value is -3.91. The van der Waals surface area contributed by atoms with Crippen LogP contribution < -0.4 is 14.4 Å². The summed E-state index contributed by atoms with van der Waals surface area (Å²) >= 11 is 1.22. The third-order valence-electron chi connectivity index (χ3n) is 4.86. The second-order valence-corrected chi connectivity index (χ2v) is 7.91. The van der Waals surface area contributed by atoms with Crippen LogP contribution in [0.5, 0.6) is 11.5 Å². The molecule has 3 aromatic rings. The summed E-state index contributed by atoms with van der Waals surface area (Å²) in [4.78, 5) is 36.1. The molecule has 0 fully saturated rings. The summed E-state index contributed by atoms with van der Waals surface area (Å²) in [6.45, 7) is 0.152. The van der Waals surface area contributed by atoms with E-state index in [2.05, 4.69) is 9.98 Å². The molecule has 7 nitrogen and oxygen atoms in total. The summed E-state index contributed by atoms with van der Waals surface area (Å²) in [5, 5.41) is 0.449. The van der Waals surface area contributed by atoms with Gasteiger partial charge < -0.3 is 9.47 Å². The van der Waals surface area contributed by atoms with Crippen molar-refractivity contribution in [2.75, 3.05) is 17.4 Å². The second kappa shape index (κ2) is 8.68. The van der Waals surface area contributed by atoms with Crippen LogP contribution in [0.15, 0.2) is 83.7 Å². The smallest absolute Gasteiger partial charge is 0.283 e. The van der Waals surface area contributed by atoms with Gasteiger partial charge in [-0.3, -0.25) is 19.5 Å². The molecule has 0 unspecified atom stereocenters. The van der Waals surface area contributed by atoms with Crippen molar-refractivity contribution in [1.29, 1.82) is 0 Å². The van der Waals surface area contributed by atoms with Gasteiger partial charge in [0.1, 0.15) is 5.70 Å². The van der Waals surface area contributed by atoms with E-state index in [0.717, 1.165) is 5.56 Å². The molecule has 1 aromatic heterocycles. The zero-order valence-corrected chi connectivity index (χ0v) is 17.6. The van der Waals surface area contributed by atoms with Crippen LogP contribution in [0.2, 0.25) is 0 Å². The summed E-state index contributed by atoms with van der Waals surface area (Å²) in [7, 11) is 0. The van der Waals surface area contributed by atoms with Crippen LogP contribution in [0.1, 0.15) is 15.9 Å². The highest BCUT2D eigenvalue weighted by Crippen LogP contribution is 2.33. The molecule has 2 aromatic carbocycles. The van der Waals surface area contributed by atoms with Crippen molar-refractivity contribution < 1.29 is 19.1 Å². The predicted molar refractivity (Wildman–Crippen MR) is 123 cm³/mol. The van der Waals surface area contributed by atoms with E-state index in [-0.39, 0.29) is 24.2 Å². The number of Topliss-reactive ketones (excluding diaryl/α,β-unsaturated/α-hetero) is 1. The van der Waals surface area contributed by atoms with E-state index in [0.29, 0.717) is 33.6 Å². The van der Waals surface area contributed by atoms with Gasteiger partial charge in [0.2, 0.25) is 6.79 Å². The van der Waals surface area contributed by atoms with Crippen molar-refractivity contribution in [3.63, 3.8) is 0 Å². The van der Waals surface area contributed by atoms with Crippen LogP contribution in [0.4, 0.5) is 5.69 Å². The number of thioether (sulfide) groups is 1. The fourth-order valence-corrected chi connectivity index (χ4v) is 4.21. The quantitative estimate of drug-likeness (QED) is 0.435. The van der Waals surface area contributed by atoms with E-state index in [4.69, 9.17) is 9.47 Å². The lowest BCUT2D eigenvalue weighted by molar-refractivity contribution is -0.113. The number of ether oxygens (including phenoxy) is 2. The number of rotatable bonds is 5. The zero-order chi connectivity index (χ0) is 21.9. The molecule has 1 amide bonds. The molecule has 2 aliphatic heterocycles. The number of amidine groups is 1. The number of carbonyl (C=O) groups is 2. The number of pyridine rings is 1. The minimum absolute atomic E-state index is 0.0962. The Balaban J connectivity index is 1.40. The van der Waals surface area contributed by atoms with Crippen LogP contribution >= 0.6 is 11.8 Å². The van der Waals surface area contributed by atoms with E-state index in [1.807, 2.05) is 36.4 Å². The van der Waals surface area contributed by atoms with Crippen LogP contribution in [0, 0.1) is 0 Å². The fourth-order valence-electron chi connectivity index (χ4n) is 3.30. The number of ketones is 1. The summed E-state index contributed by atoms with van der Waals surface area (Å²) < 4.78 is 10.7. The summed E-state index contributed by atoms with van der Waals surface area (Å²) in [6.07, 6.45) is 5.02. The molecule has 0 saturated carbocycles. The van der Waals surface area contributed by atoms with Gasteiger partial charge >= 0.3 is 0 Å². The van der Waals surface area contributed by atoms with Gasteiger partial charge in [0, 0.05) is 18.0 Å². The van der Waals surface area contributed by atoms with E-state index in [1.54, 1.807) is 42.7 Å². The first-order chi connectivity index (χ1) is 15.7. The van der Waals surface area contributed by atoms with Gasteiger partial charge in [0.05, 0.1) is 11.4 Å². The molecule has 0 bridgehead atoms. The SMILES string of the molecule is O=C(CSC1=N/C(=C/c2cccnc2)C(=O)N1c1ccccc1)c1ccc2c(c1)OCO2. The molecule has 0 spiro atoms. The van der Waals surface area contributed by atoms with Crippen molar-refractivity contribution in [2.24, 2.45) is 4.99 Å². The fraction of sp³-hybridized carbons (Fsp3) is 0.0833. The number of benzene rings is 2. The minimum Gasteiger partial charge on any atom is -0.454 e. The molecule has 3 heterocycles. The average Bonchev–Trinajstić information content (AvgIpc) is 3.42. The Morgan fingerprint density at radius 2 is 1.91 bits per heavy atom. The number of hydrogen-bond donors (Lipinski definition) is 0. The average molecular weight is 443 g/mol. The van der Waals surface area contributed by atoms with Gasteiger partial charge in [-0.15, -0.1) is 0 Å². The molecular weight excluding hydrogens is 426 g/mol. The second-order valence-electron chi connectivity index (χ2n) is 6.97. The number of para-hydroxylation sites is 1. The Labute approximate surface area is 188 Å². The number of aliphatic imine (C=N–C) groups is 1. The van der Waals surface area contributed by atoms with Crippen molar-refractivity contribution in [2.45, 2.75) is 0 Å². The molecule has 32 heavy (non-hydrogen) atoms. The molecule has 0 N–H and O–H groups in total. The number of hydrogen-bond acceptors (Lipinski definition) is 7. The highest BCUT2D eigenvalue weighted by molar-refractivity contribution is 8.14. The molecule has 158 valence electrons. The van der Waals surface area contributed by atoms with Crippen LogP contribution in [-0.4, -0.2) is 34.4 Å². The number of fused-ring (bicyclic) bond motifs is 1. The van der Waals surface area contributed by atoms with Crippen molar-refractivity contribution >= 4 is 40.4 Å². The largest absolute Gasteiger partial charge is 0.454 e. The van der Waals surface area contributed by atoms with E-state index in [9.17, 15) is 9.59 Å². The van der Waals surface area contributed by atoms with Crippen molar-refractivity contribution in [1.82, 2.24) is 4.98 Å². The van der Waals surface area contributed by atoms with Gasteiger partial charge in [-0.25, -0.2) is 4.99 Å². The predicted octanol–water partition coefficient (Wildman–Crippen LogP) is 4.17. The maximum atomic E-state index is 13.2. The first-order valence-corrected chi connectivity index (χ1v) is 10.8. The lowest BCUT2D eigenvalue weighted by Crippen LogP contribution is -2.30. The summed E-state index contributed by atoms with van der Waals surface area (Å²) in [5.41, 5.74) is 2.27. The van der Waals surface area contributed by atoms with Crippen molar-refractivity contribution in [3.05, 3.63) is 89.9 Å². The molecule has 0 saturated heterocycles.